The van der Waals surface area contributed by atoms with E-state index in [4.69, 9.17) is 9.57 Å². The van der Waals surface area contributed by atoms with Gasteiger partial charge in [-0.05, 0) is 10.4 Å². The van der Waals surface area contributed by atoms with Crippen LogP contribution in [0.5, 0.6) is 0 Å². The number of carboxylic acid groups (broad SMARTS) is 1. The van der Waals surface area contributed by atoms with Crippen molar-refractivity contribution >= 4 is 35.5 Å². The molecule has 1 aromatic rings. The number of ether oxygens (including phenoxy) is 1. The molecule has 2 aliphatic rings. The molecule has 2 fully saturated rings. The third kappa shape index (κ3) is 3.57. The molecule has 0 radical (unpaired) electrons. The van der Waals surface area contributed by atoms with E-state index in [1.165, 1.54) is 4.79 Å². The van der Waals surface area contributed by atoms with Gasteiger partial charge in [-0.25, -0.2) is 4.79 Å². The van der Waals surface area contributed by atoms with E-state index in [9.17, 15) is 24.3 Å². The lowest BCUT2D eigenvalue weighted by atomic mass is 10.1. The molecular weight excluding hydrogens is 398 g/mol. The van der Waals surface area contributed by atoms with Crippen LogP contribution in [0, 0.1) is 0 Å². The Hall–Kier alpha value is -2.94. The highest BCUT2D eigenvalue weighted by atomic mass is 32.2. The van der Waals surface area contributed by atoms with Gasteiger partial charge in [0.05, 0.1) is 12.2 Å². The molecule has 2 saturated heterocycles. The number of amides is 2. The number of cyclic esters (lactones) is 1. The second-order valence-corrected chi connectivity index (χ2v) is 7.04. The number of nitrogens with zero attached hydrogens (tertiary/aromatic N) is 6. The van der Waals surface area contributed by atoms with Gasteiger partial charge < -0.3 is 15.2 Å². The predicted molar refractivity (Wildman–Crippen MR) is 89.0 cm³/mol. The maximum absolute atomic E-state index is 12.5. The average molecular weight is 415 g/mol. The second kappa shape index (κ2) is 7.59. The van der Waals surface area contributed by atoms with E-state index in [1.807, 2.05) is 0 Å². The van der Waals surface area contributed by atoms with Crippen molar-refractivity contribution < 1.29 is 33.9 Å². The van der Waals surface area contributed by atoms with Crippen LogP contribution in [0.25, 0.3) is 0 Å². The number of nitrogens with one attached hydrogen (secondary N) is 1. The molecule has 0 bridgehead atoms. The fourth-order valence-electron chi connectivity index (χ4n) is 2.63. The molecule has 0 aromatic carbocycles. The number of esters is 1. The van der Waals surface area contributed by atoms with Crippen LogP contribution in [-0.4, -0.2) is 92.5 Å². The van der Waals surface area contributed by atoms with Crippen LogP contribution in [0.15, 0.2) is 5.16 Å². The molecule has 15 heteroatoms. The van der Waals surface area contributed by atoms with Crippen LogP contribution in [0.4, 0.5) is 0 Å². The molecule has 14 nitrogen and oxygen atoms in total. The monoisotopic (exact) mass is 415 g/mol. The first-order valence-corrected chi connectivity index (χ1v) is 9.03. The Morgan fingerprint density at radius 2 is 2.18 bits per heavy atom. The van der Waals surface area contributed by atoms with Crippen molar-refractivity contribution in [2.75, 3.05) is 31.5 Å². The van der Waals surface area contributed by atoms with E-state index in [0.717, 1.165) is 11.8 Å². The number of aliphatic carboxylic acids is 1. The number of hydroxylamine groups is 2. The van der Waals surface area contributed by atoms with E-state index in [0.29, 0.717) is 10.2 Å². The highest BCUT2D eigenvalue weighted by Crippen LogP contribution is 2.34. The van der Waals surface area contributed by atoms with Crippen LogP contribution in [0.3, 0.4) is 0 Å². The molecular formula is C13H17N7O7S. The molecule has 2 atom stereocenters. The Kier molecular flexibility index (Phi) is 5.37. The second-order valence-electron chi connectivity index (χ2n) is 6.10. The van der Waals surface area contributed by atoms with Crippen LogP contribution < -0.4 is 10.3 Å². The van der Waals surface area contributed by atoms with E-state index in [-0.39, 0.29) is 25.2 Å². The number of carboxylic acids is 1. The molecule has 1 unspecified atom stereocenters. The SMILES string of the molecule is CN(C)n1nnnc1SCC(=O)N[C@H]1CON(C2(C(=O)O)CCC(=O)O2)C1=O. The molecule has 0 aliphatic carbocycles. The molecule has 0 saturated carbocycles. The Morgan fingerprint density at radius 1 is 1.43 bits per heavy atom. The van der Waals surface area contributed by atoms with Gasteiger partial charge >= 0.3 is 17.7 Å². The van der Waals surface area contributed by atoms with Gasteiger partial charge in [-0.15, -0.1) is 4.79 Å². The van der Waals surface area contributed by atoms with Gasteiger partial charge in [-0.2, -0.15) is 5.06 Å². The number of rotatable bonds is 7. The smallest absolute Gasteiger partial charge is 0.372 e. The van der Waals surface area contributed by atoms with Gasteiger partial charge in [0.2, 0.25) is 11.1 Å². The molecule has 1 aromatic heterocycles. The Bertz CT molecular complexity index is 815. The summed E-state index contributed by atoms with van der Waals surface area (Å²) in [5.74, 6) is -3.67. The Balaban J connectivity index is 1.59. The lowest BCUT2D eigenvalue weighted by Crippen LogP contribution is -2.56. The van der Waals surface area contributed by atoms with Gasteiger partial charge in [-0.1, -0.05) is 16.9 Å². The molecule has 152 valence electrons. The zero-order valence-corrected chi connectivity index (χ0v) is 15.7. The van der Waals surface area contributed by atoms with Crippen molar-refractivity contribution in [1.82, 2.24) is 30.7 Å². The Morgan fingerprint density at radius 3 is 2.79 bits per heavy atom. The van der Waals surface area contributed by atoms with E-state index >= 15 is 0 Å². The summed E-state index contributed by atoms with van der Waals surface area (Å²) >= 11 is 1.05. The van der Waals surface area contributed by atoms with Gasteiger partial charge in [0.25, 0.3) is 5.91 Å². The zero-order chi connectivity index (χ0) is 20.5. The molecule has 3 rings (SSSR count). The van der Waals surface area contributed by atoms with Crippen molar-refractivity contribution in [3.05, 3.63) is 0 Å². The zero-order valence-electron chi connectivity index (χ0n) is 14.9. The number of carbonyl (C=O) groups is 4. The number of aromatic nitrogens is 4. The lowest BCUT2D eigenvalue weighted by molar-refractivity contribution is -0.256. The summed E-state index contributed by atoms with van der Waals surface area (Å²) in [6, 6.07) is -1.10. The number of thioether (sulfide) groups is 1. The minimum absolute atomic E-state index is 0.0863. The predicted octanol–water partition coefficient (Wildman–Crippen LogP) is -2.66. The summed E-state index contributed by atoms with van der Waals surface area (Å²) in [5.41, 5.74) is -2.21. The van der Waals surface area contributed by atoms with Crippen molar-refractivity contribution in [3.8, 4) is 0 Å². The molecule has 2 amide bonds. The summed E-state index contributed by atoms with van der Waals surface area (Å²) in [4.78, 5) is 54.2. The lowest BCUT2D eigenvalue weighted by Gasteiger charge is -2.30. The molecule has 2 N–H and O–H groups in total. The van der Waals surface area contributed by atoms with Gasteiger partial charge in [0.1, 0.15) is 12.6 Å². The summed E-state index contributed by atoms with van der Waals surface area (Å²) in [6.07, 6.45) is -0.398. The Labute approximate surface area is 162 Å². The van der Waals surface area contributed by atoms with Crippen LogP contribution in [0.2, 0.25) is 0 Å². The maximum Gasteiger partial charge on any atom is 0.372 e. The molecule has 2 aliphatic heterocycles. The first kappa shape index (κ1) is 19.8. The van der Waals surface area contributed by atoms with Crippen molar-refractivity contribution in [1.29, 1.82) is 0 Å². The highest BCUT2D eigenvalue weighted by Gasteiger charge is 2.59. The van der Waals surface area contributed by atoms with E-state index in [2.05, 4.69) is 20.8 Å². The fraction of sp³-hybridized carbons (Fsp3) is 0.615. The normalized spacial score (nSPS) is 24.4. The van der Waals surface area contributed by atoms with Crippen LogP contribution >= 0.6 is 11.8 Å². The van der Waals surface area contributed by atoms with Crippen LogP contribution in [0.1, 0.15) is 12.8 Å². The quantitative estimate of drug-likeness (QED) is 0.350. The fourth-order valence-corrected chi connectivity index (χ4v) is 3.38. The number of tetrazole rings is 1. The number of hydrogen-bond donors (Lipinski definition) is 2. The minimum atomic E-state index is -2.21. The first-order valence-electron chi connectivity index (χ1n) is 8.05. The van der Waals surface area contributed by atoms with Crippen molar-refractivity contribution in [2.45, 2.75) is 29.8 Å². The molecule has 28 heavy (non-hydrogen) atoms. The minimum Gasteiger partial charge on any atom is -0.477 e. The number of carbonyl (C=O) groups excluding carboxylic acids is 3. The summed E-state index contributed by atoms with van der Waals surface area (Å²) < 4.78 is 4.85. The topological polar surface area (TPSA) is 169 Å². The van der Waals surface area contributed by atoms with Crippen molar-refractivity contribution in [2.24, 2.45) is 0 Å². The largest absolute Gasteiger partial charge is 0.477 e. The first-order chi connectivity index (χ1) is 13.2. The summed E-state index contributed by atoms with van der Waals surface area (Å²) in [7, 11) is 3.44. The summed E-state index contributed by atoms with van der Waals surface area (Å²) in [6.45, 7) is -0.280. The third-order valence-electron chi connectivity index (χ3n) is 3.95. The molecule has 3 heterocycles. The summed E-state index contributed by atoms with van der Waals surface area (Å²) in [5, 5.41) is 25.4. The maximum atomic E-state index is 12.5. The third-order valence-corrected chi connectivity index (χ3v) is 4.86. The van der Waals surface area contributed by atoms with Gasteiger partial charge in [-0.3, -0.25) is 24.2 Å². The molecule has 0 spiro atoms. The van der Waals surface area contributed by atoms with E-state index < -0.39 is 35.5 Å². The number of hydrogen-bond acceptors (Lipinski definition) is 11. The van der Waals surface area contributed by atoms with E-state index in [1.54, 1.807) is 19.1 Å². The average Bonchev–Trinajstić information content (AvgIpc) is 3.33. The van der Waals surface area contributed by atoms with Crippen molar-refractivity contribution in [3.63, 3.8) is 0 Å². The van der Waals surface area contributed by atoms with Crippen LogP contribution in [-0.2, 0) is 28.8 Å². The van der Waals surface area contributed by atoms with Gasteiger partial charge in [0.15, 0.2) is 0 Å². The van der Waals surface area contributed by atoms with Gasteiger partial charge in [0, 0.05) is 20.5 Å². The standard InChI is InChI=1S/C13H17N7O7S/c1-18(2)20-12(15-16-17-20)28-6-8(21)14-7-5-26-19(10(7)23)13(11(24)25)4-3-9(22)27-13/h7H,3-6H2,1-2H3,(H,14,21)(H,24,25)/t7-,13?/m0/s1. The highest BCUT2D eigenvalue weighted by molar-refractivity contribution is 7.99.